The summed E-state index contributed by atoms with van der Waals surface area (Å²) in [5.41, 5.74) is 4.65. The zero-order valence-corrected chi connectivity index (χ0v) is 19.0. The molecule has 7 nitrogen and oxygen atoms in total. The van der Waals surface area contributed by atoms with E-state index in [4.69, 9.17) is 4.52 Å². The molecular weight excluding hydrogens is 390 g/mol. The molecule has 0 saturated carbocycles. The molecule has 1 amide bonds. The standard InChI is InChI=1S/C24H27N5O2/c1-15-8-9-19(23(30)27-21-13-20(31-28-21)24(4,5)6)12-18(15)10-11-29-14-26-22(17(29)3)16(2)25-7/h8-9,12-14H,1-7H3,(H,27,28,30). The van der Waals surface area contributed by atoms with Crippen molar-refractivity contribution in [1.29, 1.82) is 0 Å². The van der Waals surface area contributed by atoms with Gasteiger partial charge in [0.15, 0.2) is 5.82 Å². The van der Waals surface area contributed by atoms with Crippen LogP contribution in [-0.2, 0) is 5.41 Å². The lowest BCUT2D eigenvalue weighted by Crippen LogP contribution is -2.13. The Labute approximate surface area is 182 Å². The highest BCUT2D eigenvalue weighted by Gasteiger charge is 2.20. The monoisotopic (exact) mass is 417 g/mol. The van der Waals surface area contributed by atoms with E-state index in [2.05, 4.69) is 32.4 Å². The Balaban J connectivity index is 1.83. The summed E-state index contributed by atoms with van der Waals surface area (Å²) in [6.07, 6.45) is 1.68. The minimum absolute atomic E-state index is 0.185. The van der Waals surface area contributed by atoms with Gasteiger partial charge in [-0.05, 0) is 44.4 Å². The molecule has 7 heteroatoms. The number of aryl methyl sites for hydroxylation is 1. The first-order chi connectivity index (χ1) is 14.6. The Morgan fingerprint density at radius 1 is 1.23 bits per heavy atom. The van der Waals surface area contributed by atoms with Crippen LogP contribution in [0.1, 0.15) is 66.3 Å². The molecule has 1 N–H and O–H groups in total. The third-order valence-corrected chi connectivity index (χ3v) is 4.99. The van der Waals surface area contributed by atoms with Crippen LogP contribution in [-0.4, -0.2) is 33.4 Å². The van der Waals surface area contributed by atoms with Crippen molar-refractivity contribution < 1.29 is 9.32 Å². The number of aliphatic imine (C=N–C) groups is 1. The van der Waals surface area contributed by atoms with Crippen LogP contribution < -0.4 is 5.32 Å². The molecule has 0 aliphatic carbocycles. The lowest BCUT2D eigenvalue weighted by molar-refractivity contribution is 0.102. The van der Waals surface area contributed by atoms with Crippen molar-refractivity contribution in [2.24, 2.45) is 4.99 Å². The van der Waals surface area contributed by atoms with E-state index >= 15 is 0 Å². The molecule has 0 fully saturated rings. The number of nitrogens with one attached hydrogen (secondary N) is 1. The molecule has 0 unspecified atom stereocenters. The van der Waals surface area contributed by atoms with E-state index in [9.17, 15) is 4.79 Å². The van der Waals surface area contributed by atoms with Gasteiger partial charge in [-0.1, -0.05) is 32.0 Å². The molecule has 0 radical (unpaired) electrons. The van der Waals surface area contributed by atoms with Crippen LogP contribution >= 0.6 is 0 Å². The van der Waals surface area contributed by atoms with Crippen LogP contribution in [0, 0.1) is 25.8 Å². The first-order valence-corrected chi connectivity index (χ1v) is 9.99. The van der Waals surface area contributed by atoms with E-state index in [1.165, 1.54) is 0 Å². The minimum atomic E-state index is -0.271. The fraction of sp³-hybridized carbons (Fsp3) is 0.333. The SMILES string of the molecule is CN=C(C)c1ncn(C#Cc2cc(C(=O)Nc3cc(C(C)(C)C)on3)ccc2C)c1C. The second-order valence-electron chi connectivity index (χ2n) is 8.40. The summed E-state index contributed by atoms with van der Waals surface area (Å²) in [6.45, 7) is 11.9. The molecule has 0 saturated heterocycles. The topological polar surface area (TPSA) is 85.3 Å². The first-order valence-electron chi connectivity index (χ1n) is 9.99. The number of nitrogens with zero attached hydrogens (tertiary/aromatic N) is 4. The van der Waals surface area contributed by atoms with Crippen molar-refractivity contribution in [2.45, 2.75) is 47.0 Å². The molecule has 3 rings (SSSR count). The van der Waals surface area contributed by atoms with Gasteiger partial charge < -0.3 is 9.84 Å². The Hall–Kier alpha value is -3.66. The van der Waals surface area contributed by atoms with Crippen LogP contribution in [0.5, 0.6) is 0 Å². The van der Waals surface area contributed by atoms with Crippen molar-refractivity contribution >= 4 is 17.4 Å². The fourth-order valence-corrected chi connectivity index (χ4v) is 2.88. The Morgan fingerprint density at radius 3 is 2.61 bits per heavy atom. The molecule has 2 aromatic heterocycles. The molecule has 31 heavy (non-hydrogen) atoms. The van der Waals surface area contributed by atoms with E-state index in [1.54, 1.807) is 36.1 Å². The number of hydrogen-bond donors (Lipinski definition) is 1. The normalized spacial score (nSPS) is 11.8. The molecule has 0 atom stereocenters. The van der Waals surface area contributed by atoms with Gasteiger partial charge in [0.25, 0.3) is 5.91 Å². The molecule has 0 aliphatic rings. The predicted octanol–water partition coefficient (Wildman–Crippen LogP) is 4.33. The average Bonchev–Trinajstić information content (AvgIpc) is 3.33. The third-order valence-electron chi connectivity index (χ3n) is 4.99. The minimum Gasteiger partial charge on any atom is -0.359 e. The van der Waals surface area contributed by atoms with Gasteiger partial charge >= 0.3 is 0 Å². The second kappa shape index (κ2) is 8.60. The molecular formula is C24H27N5O2. The fourth-order valence-electron chi connectivity index (χ4n) is 2.88. The smallest absolute Gasteiger partial charge is 0.256 e. The van der Waals surface area contributed by atoms with Gasteiger partial charge in [-0.2, -0.15) is 0 Å². The average molecular weight is 418 g/mol. The van der Waals surface area contributed by atoms with Gasteiger partial charge in [0, 0.05) is 35.7 Å². The van der Waals surface area contributed by atoms with Gasteiger partial charge in [0.05, 0.1) is 11.4 Å². The zero-order chi connectivity index (χ0) is 22.8. The van der Waals surface area contributed by atoms with Crippen molar-refractivity contribution in [3.63, 3.8) is 0 Å². The maximum atomic E-state index is 12.7. The summed E-state index contributed by atoms with van der Waals surface area (Å²) >= 11 is 0. The van der Waals surface area contributed by atoms with Crippen molar-refractivity contribution in [3.8, 4) is 12.0 Å². The van der Waals surface area contributed by atoms with Crippen LogP contribution in [0.3, 0.4) is 0 Å². The van der Waals surface area contributed by atoms with Crippen molar-refractivity contribution in [1.82, 2.24) is 14.7 Å². The quantitative estimate of drug-likeness (QED) is 0.508. The predicted molar refractivity (Wildman–Crippen MR) is 122 cm³/mol. The van der Waals surface area contributed by atoms with Crippen LogP contribution in [0.25, 0.3) is 0 Å². The lowest BCUT2D eigenvalue weighted by atomic mass is 9.93. The van der Waals surface area contributed by atoms with Gasteiger partial charge in [0.2, 0.25) is 0 Å². The number of anilines is 1. The number of carbonyl (C=O) groups excluding carboxylic acids is 1. The number of hydrogen-bond acceptors (Lipinski definition) is 5. The molecule has 160 valence electrons. The van der Waals surface area contributed by atoms with Gasteiger partial charge in [-0.15, -0.1) is 0 Å². The van der Waals surface area contributed by atoms with Gasteiger partial charge in [-0.3, -0.25) is 14.4 Å². The molecule has 1 aromatic carbocycles. The van der Waals surface area contributed by atoms with Gasteiger partial charge in [-0.25, -0.2) is 4.98 Å². The summed E-state index contributed by atoms with van der Waals surface area (Å²) in [5.74, 6) is 3.96. The van der Waals surface area contributed by atoms with Crippen molar-refractivity contribution in [3.05, 3.63) is 64.4 Å². The molecule has 0 aliphatic heterocycles. The number of aromatic nitrogens is 3. The van der Waals surface area contributed by atoms with E-state index in [0.29, 0.717) is 17.1 Å². The molecule has 2 heterocycles. The summed E-state index contributed by atoms with van der Waals surface area (Å²) in [7, 11) is 1.74. The summed E-state index contributed by atoms with van der Waals surface area (Å²) in [6, 6.07) is 10.3. The number of amides is 1. The van der Waals surface area contributed by atoms with E-state index in [0.717, 1.165) is 28.2 Å². The molecule has 0 spiro atoms. The molecule has 0 bridgehead atoms. The zero-order valence-electron chi connectivity index (χ0n) is 19.0. The summed E-state index contributed by atoms with van der Waals surface area (Å²) in [5, 5.41) is 6.72. The summed E-state index contributed by atoms with van der Waals surface area (Å²) in [4.78, 5) is 21.3. The van der Waals surface area contributed by atoms with Crippen molar-refractivity contribution in [2.75, 3.05) is 12.4 Å². The Bertz CT molecular complexity index is 1210. The number of benzene rings is 1. The first kappa shape index (κ1) is 22.0. The maximum absolute atomic E-state index is 12.7. The molecule has 3 aromatic rings. The maximum Gasteiger partial charge on any atom is 0.256 e. The van der Waals surface area contributed by atoms with Gasteiger partial charge in [0.1, 0.15) is 17.8 Å². The largest absolute Gasteiger partial charge is 0.359 e. The van der Waals surface area contributed by atoms with E-state index in [-0.39, 0.29) is 11.3 Å². The Kier molecular flexibility index (Phi) is 6.11. The number of rotatable bonds is 3. The van der Waals surface area contributed by atoms with Crippen LogP contribution in [0.15, 0.2) is 40.1 Å². The highest BCUT2D eigenvalue weighted by atomic mass is 16.5. The summed E-state index contributed by atoms with van der Waals surface area (Å²) < 4.78 is 7.09. The second-order valence-corrected chi connectivity index (χ2v) is 8.40. The van der Waals surface area contributed by atoms with Crippen LogP contribution in [0.4, 0.5) is 5.82 Å². The highest BCUT2D eigenvalue weighted by molar-refractivity contribution is 6.04. The van der Waals surface area contributed by atoms with E-state index in [1.807, 2.05) is 47.6 Å². The van der Waals surface area contributed by atoms with E-state index < -0.39 is 0 Å². The third kappa shape index (κ3) is 4.92. The number of carbonyl (C=O) groups is 1. The van der Waals surface area contributed by atoms with Crippen LogP contribution in [0.2, 0.25) is 0 Å². The number of imidazole rings is 1. The lowest BCUT2D eigenvalue weighted by Gasteiger charge is -2.12. The Morgan fingerprint density at radius 2 is 1.97 bits per heavy atom. The highest BCUT2D eigenvalue weighted by Crippen LogP contribution is 2.24.